The number of nitrogens with one attached hydrogen (secondary N) is 1. The maximum Gasteiger partial charge on any atom is 0.251 e. The number of hydrogen-bond donors (Lipinski definition) is 1. The minimum atomic E-state index is -0.443. The highest BCUT2D eigenvalue weighted by Crippen LogP contribution is 2.16. The van der Waals surface area contributed by atoms with Gasteiger partial charge in [-0.1, -0.05) is 46.3 Å². The van der Waals surface area contributed by atoms with Crippen LogP contribution in [0.3, 0.4) is 0 Å². The third-order valence-electron chi connectivity index (χ3n) is 3.03. The fourth-order valence-corrected chi connectivity index (χ4v) is 2.59. The number of hydrogen-bond acceptors (Lipinski definition) is 1. The van der Waals surface area contributed by atoms with Crippen LogP contribution in [0.15, 0.2) is 53.0 Å². The van der Waals surface area contributed by atoms with Gasteiger partial charge in [0.1, 0.15) is 5.82 Å². The fourth-order valence-electron chi connectivity index (χ4n) is 1.95. The number of rotatable bonds is 5. The van der Waals surface area contributed by atoms with Gasteiger partial charge in [0.2, 0.25) is 0 Å². The lowest BCUT2D eigenvalue weighted by Gasteiger charge is -2.16. The van der Waals surface area contributed by atoms with Gasteiger partial charge in [-0.05, 0) is 46.1 Å². The summed E-state index contributed by atoms with van der Waals surface area (Å²) in [7, 11) is 0. The summed E-state index contributed by atoms with van der Waals surface area (Å²) in [6.07, 6.45) is 0.719. The standard InChI is InChI=1S/C16H14Br2FNO/c17-10-13(8-11-4-2-1-3-5-11)20-16(21)12-6-7-14(18)15(19)9-12/h1-7,9,13H,8,10H2,(H,20,21). The Morgan fingerprint density at radius 2 is 1.90 bits per heavy atom. The van der Waals surface area contributed by atoms with Gasteiger partial charge in [-0.15, -0.1) is 0 Å². The van der Waals surface area contributed by atoms with Gasteiger partial charge in [0.25, 0.3) is 5.91 Å². The van der Waals surface area contributed by atoms with Crippen molar-refractivity contribution in [3.05, 3.63) is 69.9 Å². The van der Waals surface area contributed by atoms with Crippen LogP contribution < -0.4 is 5.32 Å². The van der Waals surface area contributed by atoms with Crippen molar-refractivity contribution < 1.29 is 9.18 Å². The fraction of sp³-hybridized carbons (Fsp3) is 0.188. The summed E-state index contributed by atoms with van der Waals surface area (Å²) >= 11 is 6.48. The molecule has 0 aliphatic rings. The monoisotopic (exact) mass is 413 g/mol. The molecule has 110 valence electrons. The molecule has 2 nitrogen and oxygen atoms in total. The van der Waals surface area contributed by atoms with Crippen LogP contribution in [0.2, 0.25) is 0 Å². The molecule has 0 heterocycles. The first-order valence-corrected chi connectivity index (χ1v) is 8.37. The van der Waals surface area contributed by atoms with E-state index < -0.39 is 5.82 Å². The Morgan fingerprint density at radius 3 is 2.52 bits per heavy atom. The molecule has 1 unspecified atom stereocenters. The predicted molar refractivity (Wildman–Crippen MR) is 89.3 cm³/mol. The van der Waals surface area contributed by atoms with Gasteiger partial charge in [-0.25, -0.2) is 4.39 Å². The average molecular weight is 415 g/mol. The molecule has 21 heavy (non-hydrogen) atoms. The van der Waals surface area contributed by atoms with Crippen molar-refractivity contribution in [1.29, 1.82) is 0 Å². The normalized spacial score (nSPS) is 12.0. The van der Waals surface area contributed by atoms with Crippen LogP contribution in [0.1, 0.15) is 15.9 Å². The number of carbonyl (C=O) groups excluding carboxylic acids is 1. The molecule has 0 bridgehead atoms. The van der Waals surface area contributed by atoms with E-state index in [0.717, 1.165) is 12.0 Å². The Labute approximate surface area is 140 Å². The lowest BCUT2D eigenvalue weighted by Crippen LogP contribution is -2.37. The summed E-state index contributed by atoms with van der Waals surface area (Å²) in [4.78, 5) is 12.2. The first kappa shape index (κ1) is 16.2. The molecule has 0 radical (unpaired) electrons. The summed E-state index contributed by atoms with van der Waals surface area (Å²) in [6, 6.07) is 14.2. The van der Waals surface area contributed by atoms with Crippen LogP contribution >= 0.6 is 31.9 Å². The first-order valence-electron chi connectivity index (χ1n) is 6.46. The van der Waals surface area contributed by atoms with Gasteiger partial charge in [-0.2, -0.15) is 0 Å². The molecule has 0 fully saturated rings. The van der Waals surface area contributed by atoms with Crippen molar-refractivity contribution in [2.45, 2.75) is 12.5 Å². The van der Waals surface area contributed by atoms with E-state index in [2.05, 4.69) is 37.2 Å². The zero-order chi connectivity index (χ0) is 15.2. The summed E-state index contributed by atoms with van der Waals surface area (Å²) in [5.74, 6) is -0.720. The van der Waals surface area contributed by atoms with Gasteiger partial charge < -0.3 is 5.32 Å². The van der Waals surface area contributed by atoms with Crippen molar-refractivity contribution >= 4 is 37.8 Å². The Morgan fingerprint density at radius 1 is 1.19 bits per heavy atom. The molecule has 0 aliphatic carbocycles. The second-order valence-corrected chi connectivity index (χ2v) is 6.15. The van der Waals surface area contributed by atoms with Crippen LogP contribution in [0.5, 0.6) is 0 Å². The second-order valence-electron chi connectivity index (χ2n) is 4.64. The van der Waals surface area contributed by atoms with E-state index in [1.165, 1.54) is 12.1 Å². The largest absolute Gasteiger partial charge is 0.348 e. The molecule has 0 saturated heterocycles. The highest BCUT2D eigenvalue weighted by atomic mass is 79.9. The van der Waals surface area contributed by atoms with Gasteiger partial charge in [0.15, 0.2) is 0 Å². The van der Waals surface area contributed by atoms with Crippen molar-refractivity contribution in [3.63, 3.8) is 0 Å². The molecule has 1 amide bonds. The van der Waals surface area contributed by atoms with Crippen molar-refractivity contribution in [2.75, 3.05) is 5.33 Å². The third kappa shape index (κ3) is 4.64. The molecule has 1 atom stereocenters. The maximum atomic E-state index is 13.5. The second kappa shape index (κ2) is 7.71. The summed E-state index contributed by atoms with van der Waals surface area (Å²) in [5.41, 5.74) is 1.46. The highest BCUT2D eigenvalue weighted by molar-refractivity contribution is 9.10. The minimum absolute atomic E-state index is 0.0494. The van der Waals surface area contributed by atoms with Gasteiger partial charge in [0, 0.05) is 16.9 Å². The number of benzene rings is 2. The molecular weight excluding hydrogens is 401 g/mol. The number of halogens is 3. The van der Waals surface area contributed by atoms with Crippen molar-refractivity contribution in [3.8, 4) is 0 Å². The Balaban J connectivity index is 2.04. The minimum Gasteiger partial charge on any atom is -0.348 e. The quantitative estimate of drug-likeness (QED) is 0.725. The Bertz CT molecular complexity index is 619. The molecule has 2 rings (SSSR count). The maximum absolute atomic E-state index is 13.5. The predicted octanol–water partition coefficient (Wildman–Crippen LogP) is 4.32. The zero-order valence-electron chi connectivity index (χ0n) is 11.2. The summed E-state index contributed by atoms with van der Waals surface area (Å²) < 4.78 is 13.8. The lowest BCUT2D eigenvalue weighted by atomic mass is 10.1. The lowest BCUT2D eigenvalue weighted by molar-refractivity contribution is 0.0940. The van der Waals surface area contributed by atoms with Crippen LogP contribution in [-0.4, -0.2) is 17.3 Å². The van der Waals surface area contributed by atoms with Crippen LogP contribution in [0.25, 0.3) is 0 Å². The molecule has 0 spiro atoms. The molecule has 0 aromatic heterocycles. The van der Waals surface area contributed by atoms with E-state index in [9.17, 15) is 9.18 Å². The first-order chi connectivity index (χ1) is 10.1. The zero-order valence-corrected chi connectivity index (χ0v) is 14.3. The number of amides is 1. The SMILES string of the molecule is O=C(NC(CBr)Cc1ccccc1)c1ccc(Br)c(F)c1. The molecule has 0 aliphatic heterocycles. The van der Waals surface area contributed by atoms with Crippen molar-refractivity contribution in [2.24, 2.45) is 0 Å². The van der Waals surface area contributed by atoms with Crippen LogP contribution in [-0.2, 0) is 6.42 Å². The van der Waals surface area contributed by atoms with Gasteiger partial charge in [-0.3, -0.25) is 4.79 Å². The summed E-state index contributed by atoms with van der Waals surface area (Å²) in [6.45, 7) is 0. The molecule has 5 heteroatoms. The molecule has 1 N–H and O–H groups in total. The van der Waals surface area contributed by atoms with Crippen LogP contribution in [0.4, 0.5) is 4.39 Å². The van der Waals surface area contributed by atoms with E-state index >= 15 is 0 Å². The van der Waals surface area contributed by atoms with E-state index in [4.69, 9.17) is 0 Å². The third-order valence-corrected chi connectivity index (χ3v) is 4.45. The van der Waals surface area contributed by atoms with E-state index in [1.807, 2.05) is 30.3 Å². The van der Waals surface area contributed by atoms with E-state index in [0.29, 0.717) is 15.4 Å². The Kier molecular flexibility index (Phi) is 5.94. The number of alkyl halides is 1. The topological polar surface area (TPSA) is 29.1 Å². The highest BCUT2D eigenvalue weighted by Gasteiger charge is 2.14. The molecular formula is C16H14Br2FNO. The smallest absolute Gasteiger partial charge is 0.251 e. The summed E-state index contributed by atoms with van der Waals surface area (Å²) in [5, 5.41) is 3.54. The van der Waals surface area contributed by atoms with E-state index in [1.54, 1.807) is 6.07 Å². The van der Waals surface area contributed by atoms with Crippen molar-refractivity contribution in [1.82, 2.24) is 5.32 Å². The van der Waals surface area contributed by atoms with Gasteiger partial charge >= 0.3 is 0 Å². The Hall–Kier alpha value is -1.20. The van der Waals surface area contributed by atoms with Gasteiger partial charge in [0.05, 0.1) is 4.47 Å². The number of carbonyl (C=O) groups is 1. The van der Waals surface area contributed by atoms with Crippen LogP contribution in [0, 0.1) is 5.82 Å². The average Bonchev–Trinajstić information content (AvgIpc) is 2.50. The molecule has 0 saturated carbocycles. The molecule has 2 aromatic rings. The van der Waals surface area contributed by atoms with E-state index in [-0.39, 0.29) is 11.9 Å². The molecule has 2 aromatic carbocycles.